The van der Waals surface area contributed by atoms with E-state index in [9.17, 15) is 14.4 Å². The molecule has 0 spiro atoms. The average Bonchev–Trinajstić information content (AvgIpc) is 2.34. The standard InChI is InChI=1S/C11H20N2O6/c1-7(2)13(6-9(15)19-3)11(18)12-8(4-5-14)10(16)17/h7-8,14H,4-6H2,1-3H3,(H,12,18)(H,16,17)/t8-/m0/s1. The molecule has 3 N–H and O–H groups in total. The molecule has 0 aliphatic rings. The van der Waals surface area contributed by atoms with Gasteiger partial charge in [0.25, 0.3) is 0 Å². The van der Waals surface area contributed by atoms with Gasteiger partial charge < -0.3 is 25.2 Å². The zero-order valence-corrected chi connectivity index (χ0v) is 11.3. The Hall–Kier alpha value is -1.83. The quantitative estimate of drug-likeness (QED) is 0.535. The summed E-state index contributed by atoms with van der Waals surface area (Å²) in [7, 11) is 1.20. The van der Waals surface area contributed by atoms with Gasteiger partial charge in [0.2, 0.25) is 0 Å². The highest BCUT2D eigenvalue weighted by molar-refractivity contribution is 5.85. The van der Waals surface area contributed by atoms with Crippen LogP contribution in [0.2, 0.25) is 0 Å². The first-order valence-electron chi connectivity index (χ1n) is 5.81. The van der Waals surface area contributed by atoms with Gasteiger partial charge in [-0.1, -0.05) is 0 Å². The fourth-order valence-corrected chi connectivity index (χ4v) is 1.31. The number of hydrogen-bond acceptors (Lipinski definition) is 5. The van der Waals surface area contributed by atoms with E-state index in [1.165, 1.54) is 7.11 Å². The molecule has 110 valence electrons. The normalized spacial score (nSPS) is 11.8. The van der Waals surface area contributed by atoms with Crippen molar-refractivity contribution in [2.45, 2.75) is 32.4 Å². The smallest absolute Gasteiger partial charge is 0.326 e. The van der Waals surface area contributed by atoms with Gasteiger partial charge in [-0.25, -0.2) is 9.59 Å². The molecule has 0 radical (unpaired) electrons. The molecule has 0 aliphatic carbocycles. The number of rotatable bonds is 7. The van der Waals surface area contributed by atoms with Gasteiger partial charge >= 0.3 is 18.0 Å². The predicted molar refractivity (Wildman–Crippen MR) is 65.5 cm³/mol. The van der Waals surface area contributed by atoms with Gasteiger partial charge in [-0.2, -0.15) is 0 Å². The van der Waals surface area contributed by atoms with Crippen molar-refractivity contribution < 1.29 is 29.3 Å². The number of carboxylic acids is 1. The summed E-state index contributed by atoms with van der Waals surface area (Å²) < 4.78 is 4.46. The number of carboxylic acid groups (broad SMARTS) is 1. The number of esters is 1. The Bertz CT molecular complexity index is 331. The Morgan fingerprint density at radius 2 is 1.89 bits per heavy atom. The van der Waals surface area contributed by atoms with Crippen molar-refractivity contribution >= 4 is 18.0 Å². The lowest BCUT2D eigenvalue weighted by molar-refractivity contribution is -0.141. The molecule has 8 heteroatoms. The number of carbonyl (C=O) groups excluding carboxylic acids is 2. The second-order valence-electron chi connectivity index (χ2n) is 4.15. The lowest BCUT2D eigenvalue weighted by Gasteiger charge is -2.27. The van der Waals surface area contributed by atoms with Crippen LogP contribution in [0.15, 0.2) is 0 Å². The van der Waals surface area contributed by atoms with E-state index in [2.05, 4.69) is 10.1 Å². The van der Waals surface area contributed by atoms with Crippen LogP contribution in [0.4, 0.5) is 4.79 Å². The summed E-state index contributed by atoms with van der Waals surface area (Å²) >= 11 is 0. The van der Waals surface area contributed by atoms with Crippen LogP contribution < -0.4 is 5.32 Å². The van der Waals surface area contributed by atoms with E-state index in [4.69, 9.17) is 10.2 Å². The van der Waals surface area contributed by atoms with E-state index in [1.807, 2.05) is 0 Å². The van der Waals surface area contributed by atoms with Crippen LogP contribution in [0.1, 0.15) is 20.3 Å². The van der Waals surface area contributed by atoms with Crippen molar-refractivity contribution in [1.29, 1.82) is 0 Å². The molecular formula is C11H20N2O6. The summed E-state index contributed by atoms with van der Waals surface area (Å²) in [6.45, 7) is 2.73. The van der Waals surface area contributed by atoms with Gasteiger partial charge in [0.15, 0.2) is 0 Å². The molecule has 0 rings (SSSR count). The molecule has 0 aromatic carbocycles. The van der Waals surface area contributed by atoms with E-state index in [-0.39, 0.29) is 25.6 Å². The Morgan fingerprint density at radius 1 is 1.32 bits per heavy atom. The number of hydrogen-bond donors (Lipinski definition) is 3. The van der Waals surface area contributed by atoms with Crippen LogP contribution in [0.3, 0.4) is 0 Å². The van der Waals surface area contributed by atoms with E-state index >= 15 is 0 Å². The zero-order valence-electron chi connectivity index (χ0n) is 11.3. The lowest BCUT2D eigenvalue weighted by atomic mass is 10.2. The van der Waals surface area contributed by atoms with Crippen LogP contribution in [0.25, 0.3) is 0 Å². The SMILES string of the molecule is COC(=O)CN(C(=O)N[C@@H](CCO)C(=O)O)C(C)C. The second-order valence-corrected chi connectivity index (χ2v) is 4.15. The van der Waals surface area contributed by atoms with Gasteiger partial charge in [-0.05, 0) is 13.8 Å². The van der Waals surface area contributed by atoms with Gasteiger partial charge in [-0.15, -0.1) is 0 Å². The number of ether oxygens (including phenoxy) is 1. The van der Waals surface area contributed by atoms with Crippen LogP contribution >= 0.6 is 0 Å². The number of methoxy groups -OCH3 is 1. The molecule has 0 aromatic heterocycles. The maximum atomic E-state index is 11.9. The Balaban J connectivity index is 4.71. The predicted octanol–water partition coefficient (Wildman–Crippen LogP) is -0.585. The minimum Gasteiger partial charge on any atom is -0.480 e. The molecule has 0 fully saturated rings. The fraction of sp³-hybridized carbons (Fsp3) is 0.727. The zero-order chi connectivity index (χ0) is 15.0. The molecule has 19 heavy (non-hydrogen) atoms. The van der Waals surface area contributed by atoms with Crippen molar-refractivity contribution in [2.24, 2.45) is 0 Å². The number of nitrogens with one attached hydrogen (secondary N) is 1. The molecule has 0 saturated heterocycles. The average molecular weight is 276 g/mol. The molecule has 8 nitrogen and oxygen atoms in total. The van der Waals surface area contributed by atoms with Crippen LogP contribution in [-0.4, -0.2) is 65.4 Å². The van der Waals surface area contributed by atoms with Crippen molar-refractivity contribution in [2.75, 3.05) is 20.3 Å². The Morgan fingerprint density at radius 3 is 2.26 bits per heavy atom. The van der Waals surface area contributed by atoms with Crippen molar-refractivity contribution in [3.63, 3.8) is 0 Å². The van der Waals surface area contributed by atoms with E-state index in [0.29, 0.717) is 0 Å². The van der Waals surface area contributed by atoms with Crippen LogP contribution in [-0.2, 0) is 14.3 Å². The first kappa shape index (κ1) is 17.2. The van der Waals surface area contributed by atoms with Gasteiger partial charge in [0.1, 0.15) is 12.6 Å². The molecule has 1 atom stereocenters. The van der Waals surface area contributed by atoms with E-state index in [1.54, 1.807) is 13.8 Å². The summed E-state index contributed by atoms with van der Waals surface area (Å²) in [5, 5.41) is 19.8. The number of carbonyl (C=O) groups is 3. The van der Waals surface area contributed by atoms with Gasteiger partial charge in [0, 0.05) is 19.1 Å². The molecular weight excluding hydrogens is 256 g/mol. The van der Waals surface area contributed by atoms with Crippen molar-refractivity contribution in [3.05, 3.63) is 0 Å². The maximum Gasteiger partial charge on any atom is 0.326 e. The van der Waals surface area contributed by atoms with Crippen LogP contribution in [0, 0.1) is 0 Å². The molecule has 0 heterocycles. The minimum absolute atomic E-state index is 0.106. The molecule has 0 unspecified atom stereocenters. The summed E-state index contributed by atoms with van der Waals surface area (Å²) in [5.41, 5.74) is 0. The molecule has 0 aromatic rings. The Kier molecular flexibility index (Phi) is 7.50. The van der Waals surface area contributed by atoms with Gasteiger partial charge in [0.05, 0.1) is 7.11 Å². The third kappa shape index (κ3) is 6.05. The molecule has 0 aliphatic heterocycles. The number of amides is 2. The molecule has 0 bridgehead atoms. The maximum absolute atomic E-state index is 11.9. The number of urea groups is 1. The summed E-state index contributed by atoms with van der Waals surface area (Å²) in [6, 6.07) is -2.19. The molecule has 2 amide bonds. The number of aliphatic hydroxyl groups excluding tert-OH is 1. The van der Waals surface area contributed by atoms with Gasteiger partial charge in [-0.3, -0.25) is 4.79 Å². The first-order valence-corrected chi connectivity index (χ1v) is 5.81. The monoisotopic (exact) mass is 276 g/mol. The summed E-state index contributed by atoms with van der Waals surface area (Å²) in [5.74, 6) is -1.85. The lowest BCUT2D eigenvalue weighted by Crippen LogP contribution is -2.52. The third-order valence-corrected chi connectivity index (χ3v) is 2.42. The fourth-order valence-electron chi connectivity index (χ4n) is 1.31. The summed E-state index contributed by atoms with van der Waals surface area (Å²) in [4.78, 5) is 35.1. The minimum atomic E-state index is -1.25. The van der Waals surface area contributed by atoms with E-state index in [0.717, 1.165) is 4.90 Å². The van der Waals surface area contributed by atoms with Crippen LogP contribution in [0.5, 0.6) is 0 Å². The molecule has 0 saturated carbocycles. The number of aliphatic hydroxyl groups is 1. The van der Waals surface area contributed by atoms with Crippen molar-refractivity contribution in [3.8, 4) is 0 Å². The topological polar surface area (TPSA) is 116 Å². The summed E-state index contributed by atoms with van der Waals surface area (Å²) in [6.07, 6.45) is -0.106. The van der Waals surface area contributed by atoms with Crippen molar-refractivity contribution in [1.82, 2.24) is 10.2 Å². The largest absolute Gasteiger partial charge is 0.480 e. The van der Waals surface area contributed by atoms with E-state index < -0.39 is 24.0 Å². The first-order chi connectivity index (χ1) is 8.83. The number of aliphatic carboxylic acids is 1. The highest BCUT2D eigenvalue weighted by atomic mass is 16.5. The second kappa shape index (κ2) is 8.30. The third-order valence-electron chi connectivity index (χ3n) is 2.42. The number of nitrogens with zero attached hydrogens (tertiary/aromatic N) is 1. The Labute approximate surface area is 111 Å². The highest BCUT2D eigenvalue weighted by Crippen LogP contribution is 2.02. The highest BCUT2D eigenvalue weighted by Gasteiger charge is 2.25.